The van der Waals surface area contributed by atoms with E-state index in [9.17, 15) is 0 Å². The minimum Gasteiger partial charge on any atom is -0.348 e. The van der Waals surface area contributed by atoms with E-state index in [4.69, 9.17) is 10.7 Å². The standard InChI is InChI=1S/C16H29N3S/c1-5-12(3)15-14(10-17)20-16(18-15)19(4)13-8-6-7-11(2)9-13/h11-13H,5-10,17H2,1-4H3. The zero-order valence-corrected chi connectivity index (χ0v) is 14.2. The third kappa shape index (κ3) is 3.34. The van der Waals surface area contributed by atoms with Crippen LogP contribution in [0.2, 0.25) is 0 Å². The molecule has 2 rings (SSSR count). The van der Waals surface area contributed by atoms with Crippen LogP contribution < -0.4 is 10.6 Å². The molecule has 0 radical (unpaired) electrons. The van der Waals surface area contributed by atoms with Crippen LogP contribution in [0.25, 0.3) is 0 Å². The van der Waals surface area contributed by atoms with Crippen LogP contribution in [0.1, 0.15) is 69.4 Å². The molecule has 3 atom stereocenters. The zero-order chi connectivity index (χ0) is 14.7. The molecule has 1 aromatic heterocycles. The van der Waals surface area contributed by atoms with Gasteiger partial charge in [0.05, 0.1) is 5.69 Å². The van der Waals surface area contributed by atoms with E-state index in [0.29, 0.717) is 18.5 Å². The van der Waals surface area contributed by atoms with Gasteiger partial charge in [0, 0.05) is 24.5 Å². The minimum absolute atomic E-state index is 0.511. The lowest BCUT2D eigenvalue weighted by Crippen LogP contribution is -2.35. The molecule has 3 nitrogen and oxygen atoms in total. The highest BCUT2D eigenvalue weighted by Crippen LogP contribution is 2.35. The summed E-state index contributed by atoms with van der Waals surface area (Å²) >= 11 is 1.80. The maximum atomic E-state index is 5.91. The maximum Gasteiger partial charge on any atom is 0.185 e. The molecule has 0 amide bonds. The molecule has 1 aliphatic carbocycles. The molecular formula is C16H29N3S. The van der Waals surface area contributed by atoms with Crippen molar-refractivity contribution < 1.29 is 0 Å². The van der Waals surface area contributed by atoms with Gasteiger partial charge in [-0.25, -0.2) is 4.98 Å². The Balaban J connectivity index is 2.17. The van der Waals surface area contributed by atoms with Gasteiger partial charge in [0.2, 0.25) is 0 Å². The first-order valence-electron chi connectivity index (χ1n) is 7.99. The van der Waals surface area contributed by atoms with Gasteiger partial charge in [0.25, 0.3) is 0 Å². The van der Waals surface area contributed by atoms with Crippen molar-refractivity contribution in [3.8, 4) is 0 Å². The van der Waals surface area contributed by atoms with Crippen molar-refractivity contribution in [3.63, 3.8) is 0 Å². The molecular weight excluding hydrogens is 266 g/mol. The van der Waals surface area contributed by atoms with E-state index in [1.165, 1.54) is 41.4 Å². The number of nitrogens with two attached hydrogens (primary N) is 1. The smallest absolute Gasteiger partial charge is 0.185 e. The lowest BCUT2D eigenvalue weighted by Gasteiger charge is -2.34. The Labute approximate surface area is 127 Å². The molecule has 20 heavy (non-hydrogen) atoms. The highest BCUT2D eigenvalue weighted by atomic mass is 32.1. The van der Waals surface area contributed by atoms with Crippen LogP contribution in [0.3, 0.4) is 0 Å². The highest BCUT2D eigenvalue weighted by molar-refractivity contribution is 7.15. The molecule has 1 heterocycles. The Hall–Kier alpha value is -0.610. The Morgan fingerprint density at radius 2 is 2.20 bits per heavy atom. The molecule has 1 aliphatic rings. The van der Waals surface area contributed by atoms with E-state index in [1.54, 1.807) is 11.3 Å². The number of thiazole rings is 1. The molecule has 3 unspecified atom stereocenters. The van der Waals surface area contributed by atoms with Gasteiger partial charge in [0.1, 0.15) is 0 Å². The van der Waals surface area contributed by atoms with Crippen LogP contribution in [-0.4, -0.2) is 18.1 Å². The molecule has 0 saturated heterocycles. The second-order valence-electron chi connectivity index (χ2n) is 6.35. The Morgan fingerprint density at radius 3 is 2.80 bits per heavy atom. The van der Waals surface area contributed by atoms with Crippen LogP contribution >= 0.6 is 11.3 Å². The van der Waals surface area contributed by atoms with Crippen LogP contribution in [-0.2, 0) is 6.54 Å². The summed E-state index contributed by atoms with van der Waals surface area (Å²) in [6.45, 7) is 7.46. The second kappa shape index (κ2) is 6.90. The summed E-state index contributed by atoms with van der Waals surface area (Å²) in [5, 5.41) is 1.17. The Bertz CT molecular complexity index is 429. The van der Waals surface area contributed by atoms with Crippen LogP contribution in [0.15, 0.2) is 0 Å². The number of anilines is 1. The summed E-state index contributed by atoms with van der Waals surface area (Å²) in [6.07, 6.45) is 6.46. The predicted octanol–water partition coefficient (Wildman–Crippen LogP) is 4.13. The van der Waals surface area contributed by atoms with Gasteiger partial charge in [-0.15, -0.1) is 11.3 Å². The van der Waals surface area contributed by atoms with Crippen molar-refractivity contribution in [1.82, 2.24) is 4.98 Å². The van der Waals surface area contributed by atoms with Crippen molar-refractivity contribution in [3.05, 3.63) is 10.6 Å². The lowest BCUT2D eigenvalue weighted by atomic mass is 9.86. The molecule has 0 bridgehead atoms. The first-order valence-corrected chi connectivity index (χ1v) is 8.80. The third-order valence-corrected chi connectivity index (χ3v) is 5.92. The van der Waals surface area contributed by atoms with Gasteiger partial charge in [0.15, 0.2) is 5.13 Å². The number of nitrogens with zero attached hydrogens (tertiary/aromatic N) is 2. The Kier molecular flexibility index (Phi) is 5.44. The van der Waals surface area contributed by atoms with Crippen molar-refractivity contribution in [2.75, 3.05) is 11.9 Å². The van der Waals surface area contributed by atoms with Crippen molar-refractivity contribution in [2.45, 2.75) is 71.4 Å². The molecule has 0 aliphatic heterocycles. The van der Waals surface area contributed by atoms with Gasteiger partial charge in [-0.1, -0.05) is 33.6 Å². The third-order valence-electron chi connectivity index (χ3n) is 4.74. The monoisotopic (exact) mass is 295 g/mol. The fourth-order valence-corrected chi connectivity index (χ4v) is 4.23. The van der Waals surface area contributed by atoms with E-state index in [1.807, 2.05) is 0 Å². The molecule has 1 saturated carbocycles. The molecule has 114 valence electrons. The topological polar surface area (TPSA) is 42.2 Å². The highest BCUT2D eigenvalue weighted by Gasteiger charge is 2.25. The van der Waals surface area contributed by atoms with Gasteiger partial charge in [-0.2, -0.15) is 0 Å². The number of hydrogen-bond acceptors (Lipinski definition) is 4. The van der Waals surface area contributed by atoms with Gasteiger partial charge >= 0.3 is 0 Å². The van der Waals surface area contributed by atoms with E-state index in [2.05, 4.69) is 32.7 Å². The van der Waals surface area contributed by atoms with Crippen molar-refractivity contribution >= 4 is 16.5 Å². The van der Waals surface area contributed by atoms with Crippen LogP contribution in [0.4, 0.5) is 5.13 Å². The second-order valence-corrected chi connectivity index (χ2v) is 7.42. The predicted molar refractivity (Wildman–Crippen MR) is 88.5 cm³/mol. The molecule has 0 spiro atoms. The zero-order valence-electron chi connectivity index (χ0n) is 13.4. The molecule has 1 aromatic rings. The first-order chi connectivity index (χ1) is 9.56. The fraction of sp³-hybridized carbons (Fsp3) is 0.812. The maximum absolute atomic E-state index is 5.91. The summed E-state index contributed by atoms with van der Waals surface area (Å²) < 4.78 is 0. The number of rotatable bonds is 5. The number of hydrogen-bond donors (Lipinski definition) is 1. The molecule has 0 aromatic carbocycles. The van der Waals surface area contributed by atoms with Crippen LogP contribution in [0.5, 0.6) is 0 Å². The normalized spacial score (nSPS) is 24.6. The largest absolute Gasteiger partial charge is 0.348 e. The quantitative estimate of drug-likeness (QED) is 0.888. The molecule has 1 fully saturated rings. The average molecular weight is 295 g/mol. The van der Waals surface area contributed by atoms with Gasteiger partial charge in [-0.3, -0.25) is 0 Å². The lowest BCUT2D eigenvalue weighted by molar-refractivity contribution is 0.336. The average Bonchev–Trinajstić information content (AvgIpc) is 2.89. The van der Waals surface area contributed by atoms with E-state index in [-0.39, 0.29) is 0 Å². The summed E-state index contributed by atoms with van der Waals surface area (Å²) in [4.78, 5) is 8.59. The summed E-state index contributed by atoms with van der Waals surface area (Å²) in [7, 11) is 2.21. The first kappa shape index (κ1) is 15.8. The van der Waals surface area contributed by atoms with Crippen molar-refractivity contribution in [1.29, 1.82) is 0 Å². The fourth-order valence-electron chi connectivity index (χ4n) is 3.14. The molecule has 2 N–H and O–H groups in total. The summed E-state index contributed by atoms with van der Waals surface area (Å²) in [6, 6.07) is 0.653. The summed E-state index contributed by atoms with van der Waals surface area (Å²) in [5.41, 5.74) is 7.14. The Morgan fingerprint density at radius 1 is 1.45 bits per heavy atom. The SMILES string of the molecule is CCC(C)c1nc(N(C)C2CCCC(C)C2)sc1CN. The van der Waals surface area contributed by atoms with Gasteiger partial charge < -0.3 is 10.6 Å². The van der Waals surface area contributed by atoms with Crippen LogP contribution in [0, 0.1) is 5.92 Å². The van der Waals surface area contributed by atoms with E-state index >= 15 is 0 Å². The van der Waals surface area contributed by atoms with Crippen molar-refractivity contribution in [2.24, 2.45) is 11.7 Å². The number of aromatic nitrogens is 1. The molecule has 4 heteroatoms. The van der Waals surface area contributed by atoms with Gasteiger partial charge in [-0.05, 0) is 31.1 Å². The minimum atomic E-state index is 0.511. The van der Waals surface area contributed by atoms with E-state index in [0.717, 1.165) is 12.3 Å². The van der Waals surface area contributed by atoms with E-state index < -0.39 is 0 Å². The summed E-state index contributed by atoms with van der Waals surface area (Å²) in [5.74, 6) is 1.36.